The minimum atomic E-state index is -0.677. The zero-order valence-corrected chi connectivity index (χ0v) is 14.1. The Morgan fingerprint density at radius 1 is 1.24 bits per heavy atom. The largest absolute Gasteiger partial charge is 0.463 e. The summed E-state index contributed by atoms with van der Waals surface area (Å²) in [6, 6.07) is 3.31. The first kappa shape index (κ1) is 18.0. The van der Waals surface area contributed by atoms with Gasteiger partial charge in [0.1, 0.15) is 6.33 Å². The predicted molar refractivity (Wildman–Crippen MR) is 88.9 cm³/mol. The summed E-state index contributed by atoms with van der Waals surface area (Å²) in [5, 5.41) is 15.7. The predicted octanol–water partition coefficient (Wildman–Crippen LogP) is 0.965. The number of anilines is 1. The molecule has 10 heteroatoms. The van der Waals surface area contributed by atoms with Crippen molar-refractivity contribution in [3.05, 3.63) is 30.1 Å². The van der Waals surface area contributed by atoms with Gasteiger partial charge in [0.15, 0.2) is 17.2 Å². The van der Waals surface area contributed by atoms with Gasteiger partial charge < -0.3 is 9.47 Å². The monoisotopic (exact) mass is 346 g/mol. The van der Waals surface area contributed by atoms with Gasteiger partial charge in [0.2, 0.25) is 0 Å². The number of rotatable bonds is 7. The second-order valence-corrected chi connectivity index (χ2v) is 4.73. The molecule has 1 N–H and O–H groups in total. The molecule has 2 heterocycles. The topological polar surface area (TPSA) is 120 Å². The molecule has 0 radical (unpaired) electrons. The molecule has 2 aromatic rings. The molecule has 0 atom stereocenters. The summed E-state index contributed by atoms with van der Waals surface area (Å²) in [6.07, 6.45) is 2.72. The summed E-state index contributed by atoms with van der Waals surface area (Å²) < 4.78 is 11.3. The van der Waals surface area contributed by atoms with E-state index in [1.807, 2.05) is 0 Å². The summed E-state index contributed by atoms with van der Waals surface area (Å²) in [6.45, 7) is 5.30. The van der Waals surface area contributed by atoms with Crippen LogP contribution in [-0.2, 0) is 19.1 Å². The van der Waals surface area contributed by atoms with E-state index in [-0.39, 0.29) is 24.5 Å². The molecule has 0 aliphatic rings. The third kappa shape index (κ3) is 4.83. The number of ether oxygens (including phenoxy) is 2. The molecule has 2 rings (SSSR count). The summed E-state index contributed by atoms with van der Waals surface area (Å²) >= 11 is 0. The van der Waals surface area contributed by atoms with Crippen molar-refractivity contribution in [3.8, 4) is 0 Å². The minimum absolute atomic E-state index is 0.0851. The van der Waals surface area contributed by atoms with E-state index in [4.69, 9.17) is 9.47 Å². The van der Waals surface area contributed by atoms with Gasteiger partial charge in [-0.2, -0.15) is 9.62 Å². The molecular weight excluding hydrogens is 328 g/mol. The van der Waals surface area contributed by atoms with Crippen LogP contribution in [0.15, 0.2) is 35.2 Å². The Morgan fingerprint density at radius 3 is 2.68 bits per heavy atom. The van der Waals surface area contributed by atoms with Crippen LogP contribution in [0.5, 0.6) is 0 Å². The van der Waals surface area contributed by atoms with Crippen molar-refractivity contribution in [2.45, 2.75) is 20.8 Å². The average molecular weight is 346 g/mol. The maximum absolute atomic E-state index is 12.0. The van der Waals surface area contributed by atoms with Crippen molar-refractivity contribution in [2.24, 2.45) is 5.10 Å². The van der Waals surface area contributed by atoms with Crippen molar-refractivity contribution in [3.63, 3.8) is 0 Å². The number of nitrogens with one attached hydrogen (secondary N) is 1. The zero-order chi connectivity index (χ0) is 18.2. The maximum atomic E-state index is 12.0. The Hall–Kier alpha value is -3.30. The Labute approximate surface area is 143 Å². The van der Waals surface area contributed by atoms with Crippen molar-refractivity contribution < 1.29 is 19.1 Å². The normalized spacial score (nSPS) is 12.1. The second-order valence-electron chi connectivity index (χ2n) is 4.73. The molecule has 132 valence electrons. The van der Waals surface area contributed by atoms with Crippen LogP contribution in [0.25, 0.3) is 5.65 Å². The van der Waals surface area contributed by atoms with Crippen LogP contribution in [0.1, 0.15) is 20.8 Å². The number of nitrogens with zero attached hydrogens (tertiary/aromatic N) is 5. The molecule has 0 spiro atoms. The molecule has 25 heavy (non-hydrogen) atoms. The number of hydrogen-bond donors (Lipinski definition) is 1. The van der Waals surface area contributed by atoms with Gasteiger partial charge in [-0.15, -0.1) is 15.3 Å². The zero-order valence-electron chi connectivity index (χ0n) is 14.1. The van der Waals surface area contributed by atoms with E-state index in [0.29, 0.717) is 11.5 Å². The lowest BCUT2D eigenvalue weighted by Crippen LogP contribution is -2.19. The van der Waals surface area contributed by atoms with E-state index in [1.165, 1.54) is 23.8 Å². The van der Waals surface area contributed by atoms with Crippen LogP contribution < -0.4 is 5.43 Å². The lowest BCUT2D eigenvalue weighted by molar-refractivity contribution is -0.138. The van der Waals surface area contributed by atoms with E-state index >= 15 is 0 Å². The van der Waals surface area contributed by atoms with Gasteiger partial charge in [0, 0.05) is 5.57 Å². The molecule has 0 saturated heterocycles. The SMILES string of the molecule is CCOC(=O)C(/C=C(\C)C(=O)OCC)=N\Nc1ccc2nncn2n1. The van der Waals surface area contributed by atoms with E-state index in [0.717, 1.165) is 0 Å². The lowest BCUT2D eigenvalue weighted by atomic mass is 10.2. The van der Waals surface area contributed by atoms with Crippen molar-refractivity contribution in [1.82, 2.24) is 19.8 Å². The standard InChI is InChI=1S/C15H18N6O4/c1-4-24-14(22)10(3)8-11(15(23)25-5-2)17-18-12-6-7-13-19-16-9-21(13)20-12/h6-9H,4-5H2,1-3H3,(H,18,20)/b10-8+,17-11-. The molecule has 0 fully saturated rings. The highest BCUT2D eigenvalue weighted by molar-refractivity contribution is 6.42. The molecule has 0 aliphatic carbocycles. The lowest BCUT2D eigenvalue weighted by Gasteiger charge is -2.05. The molecule has 2 aromatic heterocycles. The first-order valence-electron chi connectivity index (χ1n) is 7.58. The summed E-state index contributed by atoms with van der Waals surface area (Å²) in [5.41, 5.74) is 3.35. The van der Waals surface area contributed by atoms with Crippen molar-refractivity contribution in [1.29, 1.82) is 0 Å². The summed E-state index contributed by atoms with van der Waals surface area (Å²) in [7, 11) is 0. The fraction of sp³-hybridized carbons (Fsp3) is 0.333. The van der Waals surface area contributed by atoms with Gasteiger partial charge in [0.25, 0.3) is 0 Å². The summed E-state index contributed by atoms with van der Waals surface area (Å²) in [5.74, 6) is -0.858. The average Bonchev–Trinajstić information content (AvgIpc) is 3.06. The van der Waals surface area contributed by atoms with E-state index in [9.17, 15) is 9.59 Å². The Morgan fingerprint density at radius 2 is 1.96 bits per heavy atom. The highest BCUT2D eigenvalue weighted by Crippen LogP contribution is 2.05. The fourth-order valence-corrected chi connectivity index (χ4v) is 1.76. The molecular formula is C15H18N6O4. The third-order valence-corrected chi connectivity index (χ3v) is 2.89. The van der Waals surface area contributed by atoms with Crippen LogP contribution in [0.2, 0.25) is 0 Å². The fourth-order valence-electron chi connectivity index (χ4n) is 1.76. The Balaban J connectivity index is 2.24. The van der Waals surface area contributed by atoms with Crippen LogP contribution in [0.4, 0.5) is 5.82 Å². The molecule has 0 saturated carbocycles. The number of hydrazone groups is 1. The van der Waals surface area contributed by atoms with E-state index in [2.05, 4.69) is 25.8 Å². The van der Waals surface area contributed by atoms with Gasteiger partial charge in [-0.05, 0) is 39.0 Å². The third-order valence-electron chi connectivity index (χ3n) is 2.89. The smallest absolute Gasteiger partial charge is 0.358 e. The van der Waals surface area contributed by atoms with Crippen LogP contribution in [0.3, 0.4) is 0 Å². The molecule has 0 bridgehead atoms. The molecule has 0 amide bonds. The van der Waals surface area contributed by atoms with E-state index < -0.39 is 11.9 Å². The van der Waals surface area contributed by atoms with Crippen LogP contribution in [-0.4, -0.2) is 50.7 Å². The minimum Gasteiger partial charge on any atom is -0.463 e. The van der Waals surface area contributed by atoms with E-state index in [1.54, 1.807) is 26.0 Å². The first-order chi connectivity index (χ1) is 12.0. The molecule has 0 aromatic carbocycles. The van der Waals surface area contributed by atoms with Crippen molar-refractivity contribution >= 4 is 29.1 Å². The number of carbonyl (C=O) groups excluding carboxylic acids is 2. The Bertz CT molecular complexity index is 826. The quantitative estimate of drug-likeness (QED) is 0.341. The van der Waals surface area contributed by atoms with Crippen molar-refractivity contribution in [2.75, 3.05) is 18.6 Å². The first-order valence-corrected chi connectivity index (χ1v) is 7.58. The van der Waals surface area contributed by atoms with Gasteiger partial charge in [-0.1, -0.05) is 0 Å². The number of aromatic nitrogens is 4. The highest BCUT2D eigenvalue weighted by atomic mass is 16.5. The number of fused-ring (bicyclic) bond motifs is 1. The number of carbonyl (C=O) groups is 2. The van der Waals surface area contributed by atoms with Gasteiger partial charge in [0.05, 0.1) is 13.2 Å². The maximum Gasteiger partial charge on any atom is 0.358 e. The molecule has 0 unspecified atom stereocenters. The summed E-state index contributed by atoms with van der Waals surface area (Å²) in [4.78, 5) is 23.7. The van der Waals surface area contributed by atoms with Crippen LogP contribution >= 0.6 is 0 Å². The highest BCUT2D eigenvalue weighted by Gasteiger charge is 2.14. The number of esters is 2. The van der Waals surface area contributed by atoms with Crippen LogP contribution in [0, 0.1) is 0 Å². The second kappa shape index (κ2) is 8.52. The van der Waals surface area contributed by atoms with Gasteiger partial charge in [-0.3, -0.25) is 5.43 Å². The number of hydrogen-bond acceptors (Lipinski definition) is 9. The van der Waals surface area contributed by atoms with Gasteiger partial charge >= 0.3 is 11.9 Å². The molecule has 0 aliphatic heterocycles. The molecule has 10 nitrogen and oxygen atoms in total. The Kier molecular flexibility index (Phi) is 6.15. The van der Waals surface area contributed by atoms with Gasteiger partial charge in [-0.25, -0.2) is 9.59 Å².